The van der Waals surface area contributed by atoms with Crippen molar-refractivity contribution in [1.82, 2.24) is 10.9 Å². The van der Waals surface area contributed by atoms with E-state index in [4.69, 9.17) is 10.0 Å². The molecule has 0 aliphatic carbocycles. The molecule has 0 saturated carbocycles. The molecule has 0 bridgehead atoms. The molecule has 6 aromatic rings. The molecule has 6 aromatic carbocycles. The van der Waals surface area contributed by atoms with E-state index in [1.54, 1.807) is 44.7 Å². The van der Waals surface area contributed by atoms with Crippen molar-refractivity contribution in [1.29, 1.82) is 0 Å². The quantitative estimate of drug-likeness (QED) is 0.0769. The Morgan fingerprint density at radius 1 is 0.482 bits per heavy atom. The minimum atomic E-state index is -2.67. The Hall–Kier alpha value is -7.83. The Labute approximate surface area is 319 Å². The summed E-state index contributed by atoms with van der Waals surface area (Å²) in [5.41, 5.74) is 11.7. The van der Waals surface area contributed by atoms with Crippen molar-refractivity contribution in [3.8, 4) is 0 Å². The van der Waals surface area contributed by atoms with Gasteiger partial charge in [-0.1, -0.05) is 97.1 Å². The van der Waals surface area contributed by atoms with Crippen LogP contribution in [0.1, 0.15) is 11.1 Å². The van der Waals surface area contributed by atoms with Gasteiger partial charge >= 0.3 is 7.40 Å². The first-order valence-electron chi connectivity index (χ1n) is 16.8. The number of halogens is 1. The molecule has 0 unspecified atom stereocenters. The van der Waals surface area contributed by atoms with Crippen LogP contribution in [0.2, 0.25) is 0 Å². The van der Waals surface area contributed by atoms with E-state index in [1.807, 2.05) is 121 Å². The topological polar surface area (TPSA) is 188 Å². The molecule has 18 heteroatoms. The van der Waals surface area contributed by atoms with Crippen LogP contribution in [0.15, 0.2) is 180 Å². The first-order chi connectivity index (χ1) is 27.2. The number of anilines is 4. The summed E-state index contributed by atoms with van der Waals surface area (Å²) < 4.78 is 10.1. The van der Waals surface area contributed by atoms with Gasteiger partial charge < -0.3 is 10.0 Å². The van der Waals surface area contributed by atoms with E-state index >= 15 is 0 Å². The van der Waals surface area contributed by atoms with Crippen LogP contribution in [0.4, 0.5) is 38.4 Å². The summed E-state index contributed by atoms with van der Waals surface area (Å²) in [5.74, 6) is 1.38. The van der Waals surface area contributed by atoms with Crippen molar-refractivity contribution >= 4 is 53.2 Å². The summed E-state index contributed by atoms with van der Waals surface area (Å²) in [6.45, 7) is 0. The number of benzene rings is 6. The number of non-ortho nitro benzene ring substituents is 2. The second kappa shape index (κ2) is 17.8. The van der Waals surface area contributed by atoms with Crippen LogP contribution < -0.4 is 31.3 Å². The van der Waals surface area contributed by atoms with Crippen LogP contribution >= 0.6 is 0 Å². The number of nitro groups is 2. The Balaban J connectivity index is 0.000000174. The Bertz CT molecular complexity index is 2120. The number of rotatable bonds is 8. The summed E-state index contributed by atoms with van der Waals surface area (Å²) >= 11 is 0. The zero-order valence-corrected chi connectivity index (χ0v) is 29.2. The lowest BCUT2D eigenvalue weighted by molar-refractivity contribution is -0.385. The third kappa shape index (κ3) is 9.39. The normalized spacial score (nSPS) is 12.8. The molecule has 0 saturated heterocycles. The lowest BCUT2D eigenvalue weighted by atomic mass is 10.2. The summed E-state index contributed by atoms with van der Waals surface area (Å²) in [5, 5.41) is 52.0. The van der Waals surface area contributed by atoms with Crippen LogP contribution in [-0.4, -0.2) is 39.0 Å². The highest BCUT2D eigenvalue weighted by Crippen LogP contribution is 2.29. The van der Waals surface area contributed by atoms with Gasteiger partial charge in [-0.25, -0.2) is 0 Å². The SMILES string of the molecule is O=[N+]([O-])c1ccc(N2NC(c3ccccc3)=NN2c2ccccc2)cc1.O=[N+]([O-])c1ccc(N2NC(c3ccccc3)=NN2c2ccccc2)cc1.OB(O)F. The number of nitrogens with one attached hydrogen (secondary N) is 2. The lowest BCUT2D eigenvalue weighted by Crippen LogP contribution is -2.44. The van der Waals surface area contributed by atoms with Gasteiger partial charge in [-0.2, -0.15) is 20.5 Å². The predicted octanol–water partition coefficient (Wildman–Crippen LogP) is 6.33. The zero-order valence-electron chi connectivity index (χ0n) is 29.2. The number of hydrazine groups is 4. The summed E-state index contributed by atoms with van der Waals surface area (Å²) in [4.78, 5) is 21.0. The molecule has 2 heterocycles. The van der Waals surface area contributed by atoms with Gasteiger partial charge in [-0.15, -0.1) is 10.2 Å². The largest absolute Gasteiger partial charge is 0.674 e. The smallest absolute Gasteiger partial charge is 0.398 e. The van der Waals surface area contributed by atoms with Gasteiger partial charge in [0, 0.05) is 35.4 Å². The molecule has 0 amide bonds. The van der Waals surface area contributed by atoms with Crippen LogP contribution in [0.5, 0.6) is 0 Å². The average Bonchev–Trinajstić information content (AvgIpc) is 3.89. The van der Waals surface area contributed by atoms with Crippen LogP contribution in [0.3, 0.4) is 0 Å². The van der Waals surface area contributed by atoms with Crippen molar-refractivity contribution < 1.29 is 24.2 Å². The summed E-state index contributed by atoms with van der Waals surface area (Å²) in [7, 11) is -2.67. The second-order valence-electron chi connectivity index (χ2n) is 11.6. The second-order valence-corrected chi connectivity index (χ2v) is 11.6. The number of hydrogen-bond acceptors (Lipinski definition) is 14. The highest BCUT2D eigenvalue weighted by Gasteiger charge is 2.28. The van der Waals surface area contributed by atoms with E-state index in [9.17, 15) is 24.5 Å². The highest BCUT2D eigenvalue weighted by atomic mass is 19.1. The van der Waals surface area contributed by atoms with Gasteiger partial charge in [0.25, 0.3) is 11.4 Å². The van der Waals surface area contributed by atoms with E-state index in [0.29, 0.717) is 11.7 Å². The van der Waals surface area contributed by atoms with Gasteiger partial charge in [0.05, 0.1) is 32.6 Å². The van der Waals surface area contributed by atoms with E-state index in [0.717, 1.165) is 33.9 Å². The Morgan fingerprint density at radius 3 is 1.05 bits per heavy atom. The standard InChI is InChI=1S/2C19H15N5O2.BFH2O2/c2*25-24(26)18-13-11-17(12-14-18)23-21-19(15-7-3-1-4-8-15)20-22(23)16-9-5-2-6-10-16;2-1(3)4/h2*1-14H,(H,20,21);3-4H. The van der Waals surface area contributed by atoms with Crippen molar-refractivity contribution in [2.45, 2.75) is 0 Å². The maximum Gasteiger partial charge on any atom is 0.674 e. The minimum Gasteiger partial charge on any atom is -0.398 e. The minimum absolute atomic E-state index is 0.0448. The first-order valence-corrected chi connectivity index (χ1v) is 16.8. The zero-order chi connectivity index (χ0) is 39.4. The third-order valence-corrected chi connectivity index (χ3v) is 7.87. The predicted molar refractivity (Wildman–Crippen MR) is 213 cm³/mol. The van der Waals surface area contributed by atoms with Gasteiger partial charge in [0.15, 0.2) is 11.7 Å². The number of para-hydroxylation sites is 2. The number of amidine groups is 2. The molecule has 0 spiro atoms. The third-order valence-electron chi connectivity index (χ3n) is 7.87. The molecule has 0 radical (unpaired) electrons. The van der Waals surface area contributed by atoms with E-state index in [1.165, 1.54) is 24.3 Å². The molecule has 280 valence electrons. The van der Waals surface area contributed by atoms with Gasteiger partial charge in [0.1, 0.15) is 0 Å². The number of hydrogen-bond donors (Lipinski definition) is 4. The number of hydrazone groups is 2. The van der Waals surface area contributed by atoms with Crippen LogP contribution in [0, 0.1) is 20.2 Å². The fourth-order valence-electron chi connectivity index (χ4n) is 5.30. The maximum absolute atomic E-state index is 10.9. The van der Waals surface area contributed by atoms with Crippen molar-refractivity contribution in [2.24, 2.45) is 10.2 Å². The van der Waals surface area contributed by atoms with Gasteiger partial charge in [-0.05, 0) is 48.5 Å². The monoisotopic (exact) mass is 754 g/mol. The van der Waals surface area contributed by atoms with Crippen molar-refractivity contribution in [2.75, 3.05) is 20.5 Å². The number of nitrogens with zero attached hydrogens (tertiary/aromatic N) is 8. The Kier molecular flexibility index (Phi) is 12.1. The van der Waals surface area contributed by atoms with E-state index < -0.39 is 17.2 Å². The van der Waals surface area contributed by atoms with Gasteiger partial charge in [0.2, 0.25) is 0 Å². The molecule has 2 aliphatic heterocycles. The highest BCUT2D eigenvalue weighted by molar-refractivity contribution is 6.31. The molecule has 2 aliphatic rings. The van der Waals surface area contributed by atoms with E-state index in [-0.39, 0.29) is 11.4 Å². The van der Waals surface area contributed by atoms with Crippen LogP contribution in [-0.2, 0) is 0 Å². The van der Waals surface area contributed by atoms with E-state index in [2.05, 4.69) is 21.1 Å². The fraction of sp³-hybridized carbons (Fsp3) is 0. The molecular weight excluding hydrogens is 722 g/mol. The van der Waals surface area contributed by atoms with Crippen molar-refractivity contribution in [3.63, 3.8) is 0 Å². The van der Waals surface area contributed by atoms with Gasteiger partial charge in [-0.3, -0.25) is 35.4 Å². The molecule has 16 nitrogen and oxygen atoms in total. The number of nitro benzene ring substituents is 2. The molecule has 8 rings (SSSR count). The molecule has 0 atom stereocenters. The Morgan fingerprint density at radius 2 is 0.768 bits per heavy atom. The maximum atomic E-state index is 10.9. The van der Waals surface area contributed by atoms with Crippen LogP contribution in [0.25, 0.3) is 0 Å². The first kappa shape index (κ1) is 37.9. The average molecular weight is 755 g/mol. The molecular formula is C38H32BFN10O6. The molecule has 0 aromatic heterocycles. The molecule has 4 N–H and O–H groups in total. The summed E-state index contributed by atoms with van der Waals surface area (Å²) in [6, 6.07) is 51.5. The lowest BCUT2D eigenvalue weighted by Gasteiger charge is -2.27. The summed E-state index contributed by atoms with van der Waals surface area (Å²) in [6.07, 6.45) is 0. The van der Waals surface area contributed by atoms with Crippen molar-refractivity contribution in [3.05, 3.63) is 201 Å². The molecule has 0 fully saturated rings. The fourth-order valence-corrected chi connectivity index (χ4v) is 5.30. The molecule has 56 heavy (non-hydrogen) atoms.